The quantitative estimate of drug-likeness (QED) is 0.810. The average Bonchev–Trinajstić information content (AvgIpc) is 2.46. The number of nitrogens with two attached hydrogens (primary N) is 1. The van der Waals surface area contributed by atoms with Gasteiger partial charge in [0.05, 0.1) is 12.2 Å². The summed E-state index contributed by atoms with van der Waals surface area (Å²) in [7, 11) is 0. The predicted octanol–water partition coefficient (Wildman–Crippen LogP) is 4.30. The fourth-order valence-electron chi connectivity index (χ4n) is 1.98. The minimum Gasteiger partial charge on any atom is -0.493 e. The molecule has 6 heteroatoms. The number of hydrogen-bond acceptors (Lipinski definition) is 3. The molecule has 0 aromatic heterocycles. The van der Waals surface area contributed by atoms with E-state index in [1.165, 1.54) is 12.1 Å². The van der Waals surface area contributed by atoms with Crippen molar-refractivity contribution < 1.29 is 17.9 Å². The first-order chi connectivity index (χ1) is 10.4. The summed E-state index contributed by atoms with van der Waals surface area (Å²) < 4.78 is 43.7. The number of nitrogens with one attached hydrogen (secondary N) is 1. The van der Waals surface area contributed by atoms with Gasteiger partial charge in [-0.2, -0.15) is 13.2 Å². The maximum Gasteiger partial charge on any atom is 0.419 e. The Morgan fingerprint density at radius 1 is 1.09 bits per heavy atom. The van der Waals surface area contributed by atoms with Crippen molar-refractivity contribution in [1.82, 2.24) is 0 Å². The van der Waals surface area contributed by atoms with Crippen LogP contribution in [-0.4, -0.2) is 6.61 Å². The van der Waals surface area contributed by atoms with Crippen LogP contribution >= 0.6 is 0 Å². The summed E-state index contributed by atoms with van der Waals surface area (Å²) in [6, 6.07) is 11.0. The van der Waals surface area contributed by atoms with Gasteiger partial charge in [-0.25, -0.2) is 0 Å². The summed E-state index contributed by atoms with van der Waals surface area (Å²) in [5.41, 5.74) is 7.04. The topological polar surface area (TPSA) is 47.3 Å². The van der Waals surface area contributed by atoms with Crippen LogP contribution in [0.25, 0.3) is 0 Å². The lowest BCUT2D eigenvalue weighted by Crippen LogP contribution is -2.09. The number of nitrogen functional groups attached to an aromatic ring is 1. The zero-order valence-electron chi connectivity index (χ0n) is 12.1. The first kappa shape index (κ1) is 16.0. The zero-order chi connectivity index (χ0) is 16.2. The van der Waals surface area contributed by atoms with Crippen LogP contribution in [0.3, 0.4) is 0 Å². The third-order valence-electron chi connectivity index (χ3n) is 3.06. The van der Waals surface area contributed by atoms with Crippen molar-refractivity contribution in [2.45, 2.75) is 19.6 Å². The van der Waals surface area contributed by atoms with E-state index in [4.69, 9.17) is 10.5 Å². The van der Waals surface area contributed by atoms with E-state index in [1.807, 2.05) is 12.1 Å². The number of hydrogen-bond donors (Lipinski definition) is 2. The van der Waals surface area contributed by atoms with Crippen LogP contribution in [0.5, 0.6) is 5.75 Å². The van der Waals surface area contributed by atoms with Gasteiger partial charge in [0.2, 0.25) is 0 Å². The SMILES string of the molecule is CCOc1cc(NCc2ccc(N)cc2)ccc1C(F)(F)F. The largest absolute Gasteiger partial charge is 0.493 e. The highest BCUT2D eigenvalue weighted by molar-refractivity contribution is 5.53. The van der Waals surface area contributed by atoms with E-state index in [9.17, 15) is 13.2 Å². The molecule has 0 saturated heterocycles. The molecule has 2 aromatic rings. The van der Waals surface area contributed by atoms with E-state index in [2.05, 4.69) is 5.32 Å². The van der Waals surface area contributed by atoms with Crippen molar-refractivity contribution in [3.63, 3.8) is 0 Å². The molecule has 0 spiro atoms. The molecule has 0 unspecified atom stereocenters. The molecule has 22 heavy (non-hydrogen) atoms. The van der Waals surface area contributed by atoms with Crippen molar-refractivity contribution in [3.05, 3.63) is 53.6 Å². The van der Waals surface area contributed by atoms with Crippen molar-refractivity contribution in [3.8, 4) is 5.75 Å². The van der Waals surface area contributed by atoms with Gasteiger partial charge < -0.3 is 15.8 Å². The van der Waals surface area contributed by atoms with Crippen LogP contribution in [0.1, 0.15) is 18.1 Å². The fourth-order valence-corrected chi connectivity index (χ4v) is 1.98. The number of alkyl halides is 3. The highest BCUT2D eigenvalue weighted by atomic mass is 19.4. The second kappa shape index (κ2) is 6.60. The van der Waals surface area contributed by atoms with Gasteiger partial charge in [0, 0.05) is 24.0 Å². The Morgan fingerprint density at radius 2 is 1.77 bits per heavy atom. The highest BCUT2D eigenvalue weighted by Crippen LogP contribution is 2.37. The molecule has 0 radical (unpaired) electrons. The summed E-state index contributed by atoms with van der Waals surface area (Å²) >= 11 is 0. The molecule has 0 fully saturated rings. The monoisotopic (exact) mass is 310 g/mol. The van der Waals surface area contributed by atoms with Crippen LogP contribution in [0, 0.1) is 0 Å². The molecule has 0 saturated carbocycles. The van der Waals surface area contributed by atoms with Crippen molar-refractivity contribution in [2.75, 3.05) is 17.7 Å². The van der Waals surface area contributed by atoms with Crippen LogP contribution < -0.4 is 15.8 Å². The molecule has 0 amide bonds. The molecule has 0 bridgehead atoms. The Bertz CT molecular complexity index is 624. The molecule has 118 valence electrons. The first-order valence-corrected chi connectivity index (χ1v) is 6.82. The Labute approximate surface area is 126 Å². The summed E-state index contributed by atoms with van der Waals surface area (Å²) in [6.45, 7) is 2.30. The summed E-state index contributed by atoms with van der Waals surface area (Å²) in [4.78, 5) is 0. The molecule has 0 atom stereocenters. The van der Waals surface area contributed by atoms with E-state index in [0.29, 0.717) is 17.9 Å². The number of ether oxygens (including phenoxy) is 1. The summed E-state index contributed by atoms with van der Waals surface area (Å²) in [5.74, 6) is -0.169. The second-order valence-corrected chi connectivity index (χ2v) is 4.74. The minimum atomic E-state index is -4.43. The average molecular weight is 310 g/mol. The van der Waals surface area contributed by atoms with Crippen molar-refractivity contribution >= 4 is 11.4 Å². The molecule has 2 rings (SSSR count). The molecule has 0 heterocycles. The fraction of sp³-hybridized carbons (Fsp3) is 0.250. The van der Waals surface area contributed by atoms with Gasteiger partial charge >= 0.3 is 6.18 Å². The first-order valence-electron chi connectivity index (χ1n) is 6.82. The Kier molecular flexibility index (Phi) is 4.80. The van der Waals surface area contributed by atoms with Gasteiger partial charge in [-0.15, -0.1) is 0 Å². The number of halogens is 3. The van der Waals surface area contributed by atoms with E-state index in [1.54, 1.807) is 19.1 Å². The lowest BCUT2D eigenvalue weighted by Gasteiger charge is -2.15. The molecular formula is C16H17F3N2O. The number of anilines is 2. The van der Waals surface area contributed by atoms with Gasteiger partial charge in [0.15, 0.2) is 0 Å². The smallest absolute Gasteiger partial charge is 0.419 e. The summed E-state index contributed by atoms with van der Waals surface area (Å²) in [6.07, 6.45) is -4.43. The van der Waals surface area contributed by atoms with E-state index >= 15 is 0 Å². The lowest BCUT2D eigenvalue weighted by atomic mass is 10.1. The zero-order valence-corrected chi connectivity index (χ0v) is 12.1. The number of rotatable bonds is 5. The standard InChI is InChI=1S/C16H17F3N2O/c1-2-22-15-9-13(7-8-14(15)16(17,18)19)21-10-11-3-5-12(20)6-4-11/h3-9,21H,2,10,20H2,1H3. The third kappa shape index (κ3) is 4.07. The molecule has 2 aromatic carbocycles. The highest BCUT2D eigenvalue weighted by Gasteiger charge is 2.34. The van der Waals surface area contributed by atoms with Crippen LogP contribution in [0.4, 0.5) is 24.5 Å². The Hall–Kier alpha value is -2.37. The van der Waals surface area contributed by atoms with E-state index < -0.39 is 11.7 Å². The van der Waals surface area contributed by atoms with E-state index in [-0.39, 0.29) is 12.4 Å². The molecule has 0 aliphatic heterocycles. The molecule has 3 nitrogen and oxygen atoms in total. The molecule has 3 N–H and O–H groups in total. The van der Waals surface area contributed by atoms with Gasteiger partial charge in [0.25, 0.3) is 0 Å². The molecule has 0 aliphatic carbocycles. The molecule has 0 aliphatic rings. The van der Waals surface area contributed by atoms with Gasteiger partial charge in [0.1, 0.15) is 5.75 Å². The maximum absolute atomic E-state index is 12.9. The van der Waals surface area contributed by atoms with Gasteiger partial charge in [-0.3, -0.25) is 0 Å². The second-order valence-electron chi connectivity index (χ2n) is 4.74. The predicted molar refractivity (Wildman–Crippen MR) is 80.8 cm³/mol. The normalized spacial score (nSPS) is 11.3. The minimum absolute atomic E-state index is 0.169. The molecular weight excluding hydrogens is 293 g/mol. The van der Waals surface area contributed by atoms with E-state index in [0.717, 1.165) is 11.6 Å². The lowest BCUT2D eigenvalue weighted by molar-refractivity contribution is -0.138. The summed E-state index contributed by atoms with van der Waals surface area (Å²) in [5, 5.41) is 3.07. The van der Waals surface area contributed by atoms with Gasteiger partial charge in [-0.1, -0.05) is 12.1 Å². The van der Waals surface area contributed by atoms with Crippen molar-refractivity contribution in [1.29, 1.82) is 0 Å². The van der Waals surface area contributed by atoms with Crippen LogP contribution in [-0.2, 0) is 12.7 Å². The number of benzene rings is 2. The van der Waals surface area contributed by atoms with Crippen molar-refractivity contribution in [2.24, 2.45) is 0 Å². The Balaban J connectivity index is 2.14. The third-order valence-corrected chi connectivity index (χ3v) is 3.06. The Morgan fingerprint density at radius 3 is 2.36 bits per heavy atom. The van der Waals surface area contributed by atoms with Crippen LogP contribution in [0.15, 0.2) is 42.5 Å². The maximum atomic E-state index is 12.9. The van der Waals surface area contributed by atoms with Gasteiger partial charge in [-0.05, 0) is 36.8 Å². The van der Waals surface area contributed by atoms with Crippen LogP contribution in [0.2, 0.25) is 0 Å².